The van der Waals surface area contributed by atoms with Crippen LogP contribution >= 0.6 is 0 Å². The maximum Gasteiger partial charge on any atom is 0.258 e. The zero-order valence-electron chi connectivity index (χ0n) is 10.8. The third-order valence-corrected chi connectivity index (χ3v) is 3.20. The lowest BCUT2D eigenvalue weighted by atomic mass is 10.1. The van der Waals surface area contributed by atoms with Crippen LogP contribution in [0.3, 0.4) is 0 Å². The van der Waals surface area contributed by atoms with E-state index in [9.17, 15) is 9.90 Å². The molecule has 0 spiro atoms. The molecule has 104 valence electrons. The minimum Gasteiger partial charge on any atom is -0.507 e. The summed E-state index contributed by atoms with van der Waals surface area (Å²) in [5.41, 5.74) is 5.89. The molecule has 3 N–H and O–H groups in total. The molecule has 1 atom stereocenters. The van der Waals surface area contributed by atoms with Crippen molar-refractivity contribution in [3.8, 4) is 11.5 Å². The van der Waals surface area contributed by atoms with Gasteiger partial charge < -0.3 is 25.2 Å². The number of carbonyl (C=O) groups is 1. The van der Waals surface area contributed by atoms with Crippen LogP contribution in [0.1, 0.15) is 10.4 Å². The number of morpholine rings is 1. The number of nitrogens with zero attached hydrogens (tertiary/aromatic N) is 1. The summed E-state index contributed by atoms with van der Waals surface area (Å²) in [6.45, 7) is 1.73. The molecule has 0 radical (unpaired) electrons. The molecule has 1 fully saturated rings. The summed E-state index contributed by atoms with van der Waals surface area (Å²) in [4.78, 5) is 14.0. The number of benzene rings is 1. The van der Waals surface area contributed by atoms with E-state index in [0.717, 1.165) is 0 Å². The quantitative estimate of drug-likeness (QED) is 0.816. The van der Waals surface area contributed by atoms with Crippen LogP contribution in [0.4, 0.5) is 0 Å². The van der Waals surface area contributed by atoms with Gasteiger partial charge in [0, 0.05) is 19.2 Å². The molecule has 0 aliphatic carbocycles. The van der Waals surface area contributed by atoms with Gasteiger partial charge in [0.05, 0.1) is 31.9 Å². The zero-order chi connectivity index (χ0) is 13.8. The molecule has 0 saturated carbocycles. The first kappa shape index (κ1) is 13.6. The van der Waals surface area contributed by atoms with Crippen molar-refractivity contribution >= 4 is 5.91 Å². The third-order valence-electron chi connectivity index (χ3n) is 3.20. The number of hydrogen-bond donors (Lipinski definition) is 2. The normalized spacial score (nSPS) is 19.3. The van der Waals surface area contributed by atoms with Crippen LogP contribution in [-0.2, 0) is 4.74 Å². The second-order valence-electron chi connectivity index (χ2n) is 4.35. The SMILES string of the molecule is COc1ccc(C(=O)N2CCOCC2CN)c(O)c1. The predicted octanol–water partition coefficient (Wildman–Crippen LogP) is 0.201. The number of carbonyl (C=O) groups excluding carboxylic acids is 1. The number of methoxy groups -OCH3 is 1. The molecule has 1 heterocycles. The lowest BCUT2D eigenvalue weighted by Crippen LogP contribution is -2.52. The molecule has 6 heteroatoms. The Morgan fingerprint density at radius 1 is 1.63 bits per heavy atom. The maximum absolute atomic E-state index is 12.4. The highest BCUT2D eigenvalue weighted by Crippen LogP contribution is 2.25. The van der Waals surface area contributed by atoms with Crippen LogP contribution in [0.5, 0.6) is 11.5 Å². The molecule has 0 aromatic heterocycles. The Bertz CT molecular complexity index is 464. The van der Waals surface area contributed by atoms with E-state index in [0.29, 0.717) is 32.1 Å². The summed E-state index contributed by atoms with van der Waals surface area (Å²) in [5, 5.41) is 9.89. The minimum atomic E-state index is -0.237. The topological polar surface area (TPSA) is 85.0 Å². The summed E-state index contributed by atoms with van der Waals surface area (Å²) in [6.07, 6.45) is 0. The number of ether oxygens (including phenoxy) is 2. The van der Waals surface area contributed by atoms with Gasteiger partial charge in [-0.25, -0.2) is 0 Å². The Morgan fingerprint density at radius 3 is 3.05 bits per heavy atom. The minimum absolute atomic E-state index is 0.0911. The molecular formula is C13H18N2O4. The van der Waals surface area contributed by atoms with E-state index in [1.807, 2.05) is 0 Å². The van der Waals surface area contributed by atoms with Gasteiger partial charge in [-0.1, -0.05) is 0 Å². The predicted molar refractivity (Wildman–Crippen MR) is 69.4 cm³/mol. The Hall–Kier alpha value is -1.79. The maximum atomic E-state index is 12.4. The first-order valence-corrected chi connectivity index (χ1v) is 6.13. The van der Waals surface area contributed by atoms with Crippen molar-refractivity contribution in [1.82, 2.24) is 4.90 Å². The highest BCUT2D eigenvalue weighted by atomic mass is 16.5. The molecule has 6 nitrogen and oxygen atoms in total. The highest BCUT2D eigenvalue weighted by molar-refractivity contribution is 5.97. The van der Waals surface area contributed by atoms with Crippen LogP contribution < -0.4 is 10.5 Å². The molecule has 19 heavy (non-hydrogen) atoms. The van der Waals surface area contributed by atoms with Crippen LogP contribution in [0, 0.1) is 0 Å². The van der Waals surface area contributed by atoms with Gasteiger partial charge in [-0.2, -0.15) is 0 Å². The Labute approximate surface area is 111 Å². The average Bonchev–Trinajstić information content (AvgIpc) is 2.46. The van der Waals surface area contributed by atoms with E-state index >= 15 is 0 Å². The number of hydrogen-bond acceptors (Lipinski definition) is 5. The Morgan fingerprint density at radius 2 is 2.42 bits per heavy atom. The third kappa shape index (κ3) is 2.80. The van der Waals surface area contributed by atoms with Crippen molar-refractivity contribution in [1.29, 1.82) is 0 Å². The number of phenolic OH excluding ortho intramolecular Hbond substituents is 1. The van der Waals surface area contributed by atoms with E-state index in [2.05, 4.69) is 0 Å². The molecule has 1 aromatic rings. The zero-order valence-corrected chi connectivity index (χ0v) is 10.8. The fourth-order valence-electron chi connectivity index (χ4n) is 2.09. The molecule has 1 aromatic carbocycles. The number of aromatic hydroxyl groups is 1. The van der Waals surface area contributed by atoms with Crippen molar-refractivity contribution < 1.29 is 19.4 Å². The Kier molecular flexibility index (Phi) is 4.24. The van der Waals surface area contributed by atoms with Gasteiger partial charge >= 0.3 is 0 Å². The number of phenols is 1. The second kappa shape index (κ2) is 5.90. The van der Waals surface area contributed by atoms with Gasteiger partial charge in [-0.15, -0.1) is 0 Å². The van der Waals surface area contributed by atoms with Gasteiger partial charge in [0.25, 0.3) is 5.91 Å². The van der Waals surface area contributed by atoms with E-state index in [1.165, 1.54) is 13.2 Å². The lowest BCUT2D eigenvalue weighted by Gasteiger charge is -2.35. The van der Waals surface area contributed by atoms with Gasteiger partial charge in [-0.05, 0) is 12.1 Å². The van der Waals surface area contributed by atoms with Crippen LogP contribution in [0.2, 0.25) is 0 Å². The molecule has 1 unspecified atom stereocenters. The van der Waals surface area contributed by atoms with Gasteiger partial charge in [0.2, 0.25) is 0 Å². The summed E-state index contributed by atoms with van der Waals surface area (Å²) >= 11 is 0. The number of amides is 1. The number of rotatable bonds is 3. The first-order chi connectivity index (χ1) is 9.17. The van der Waals surface area contributed by atoms with Crippen LogP contribution in [0.25, 0.3) is 0 Å². The average molecular weight is 266 g/mol. The molecule has 1 aliphatic heterocycles. The van der Waals surface area contributed by atoms with E-state index in [-0.39, 0.29) is 23.3 Å². The Balaban J connectivity index is 2.23. The van der Waals surface area contributed by atoms with Crippen LogP contribution in [-0.4, -0.2) is 55.4 Å². The van der Waals surface area contributed by atoms with E-state index in [4.69, 9.17) is 15.2 Å². The highest BCUT2D eigenvalue weighted by Gasteiger charge is 2.28. The van der Waals surface area contributed by atoms with Gasteiger partial charge in [0.1, 0.15) is 11.5 Å². The van der Waals surface area contributed by atoms with Crippen LogP contribution in [0.15, 0.2) is 18.2 Å². The second-order valence-corrected chi connectivity index (χ2v) is 4.35. The molecular weight excluding hydrogens is 248 g/mol. The van der Waals surface area contributed by atoms with Crippen molar-refractivity contribution in [2.75, 3.05) is 33.4 Å². The largest absolute Gasteiger partial charge is 0.507 e. The first-order valence-electron chi connectivity index (χ1n) is 6.13. The van der Waals surface area contributed by atoms with E-state index < -0.39 is 0 Å². The lowest BCUT2D eigenvalue weighted by molar-refractivity contribution is 0.000695. The van der Waals surface area contributed by atoms with Crippen molar-refractivity contribution in [3.63, 3.8) is 0 Å². The van der Waals surface area contributed by atoms with Gasteiger partial charge in [0.15, 0.2) is 0 Å². The van der Waals surface area contributed by atoms with E-state index in [1.54, 1.807) is 17.0 Å². The molecule has 1 saturated heterocycles. The number of nitrogens with two attached hydrogens (primary N) is 1. The molecule has 1 aliphatic rings. The monoisotopic (exact) mass is 266 g/mol. The smallest absolute Gasteiger partial charge is 0.258 e. The van der Waals surface area contributed by atoms with Crippen molar-refractivity contribution in [2.45, 2.75) is 6.04 Å². The summed E-state index contributed by atoms with van der Waals surface area (Å²) in [5.74, 6) is 0.178. The molecule has 2 rings (SSSR count). The summed E-state index contributed by atoms with van der Waals surface area (Å²) in [7, 11) is 1.50. The standard InChI is InChI=1S/C13H18N2O4/c1-18-10-2-3-11(12(16)6-10)13(17)15-4-5-19-8-9(15)7-14/h2-3,6,9,16H,4-5,7-8,14H2,1H3. The van der Waals surface area contributed by atoms with Gasteiger partial charge in [-0.3, -0.25) is 4.79 Å². The summed E-state index contributed by atoms with van der Waals surface area (Å²) in [6, 6.07) is 4.47. The molecule has 0 bridgehead atoms. The fourth-order valence-corrected chi connectivity index (χ4v) is 2.09. The van der Waals surface area contributed by atoms with Crippen molar-refractivity contribution in [2.24, 2.45) is 5.73 Å². The molecule has 1 amide bonds. The fraction of sp³-hybridized carbons (Fsp3) is 0.462. The van der Waals surface area contributed by atoms with Crippen molar-refractivity contribution in [3.05, 3.63) is 23.8 Å². The summed E-state index contributed by atoms with van der Waals surface area (Å²) < 4.78 is 10.3.